The number of likely N-dealkylation sites (tertiary alicyclic amines) is 1. The van der Waals surface area contributed by atoms with Crippen molar-refractivity contribution in [2.45, 2.75) is 39.0 Å². The van der Waals surface area contributed by atoms with E-state index < -0.39 is 17.8 Å². The third-order valence-electron chi connectivity index (χ3n) is 4.64. The van der Waals surface area contributed by atoms with Crippen molar-refractivity contribution in [2.24, 2.45) is 0 Å². The second-order valence-electron chi connectivity index (χ2n) is 7.03. The summed E-state index contributed by atoms with van der Waals surface area (Å²) in [7, 11) is 0. The molecule has 1 saturated heterocycles. The molecular formula is C20H24F3N3O. The maximum Gasteiger partial charge on any atom is 0.200 e. The molecule has 1 atom stereocenters. The van der Waals surface area contributed by atoms with Crippen molar-refractivity contribution in [2.75, 3.05) is 25.4 Å². The van der Waals surface area contributed by atoms with Gasteiger partial charge in [-0.15, -0.1) is 0 Å². The standard InChI is InChI=1S/C20H24F3N3O/c1-13-7-16(25-19(24)8-13)12-27-18-10-14(9-17(22)20(18)23)4-6-26-5-2-3-15(21)11-26/h7-10,15H,2-6,11-12H2,1H3,(H2,24,25)/t15-/m0/s1. The number of aryl methyl sites for hydroxylation is 1. The molecule has 0 spiro atoms. The molecule has 27 heavy (non-hydrogen) atoms. The number of anilines is 1. The van der Waals surface area contributed by atoms with E-state index in [0.29, 0.717) is 43.0 Å². The number of alkyl halides is 1. The van der Waals surface area contributed by atoms with E-state index in [0.717, 1.165) is 18.5 Å². The third-order valence-corrected chi connectivity index (χ3v) is 4.64. The van der Waals surface area contributed by atoms with Crippen molar-refractivity contribution in [1.29, 1.82) is 0 Å². The van der Waals surface area contributed by atoms with Gasteiger partial charge >= 0.3 is 0 Å². The van der Waals surface area contributed by atoms with E-state index in [9.17, 15) is 13.2 Å². The largest absolute Gasteiger partial charge is 0.484 e. The van der Waals surface area contributed by atoms with E-state index in [1.165, 1.54) is 12.1 Å². The summed E-state index contributed by atoms with van der Waals surface area (Å²) in [5.74, 6) is -1.79. The Labute approximate surface area is 157 Å². The summed E-state index contributed by atoms with van der Waals surface area (Å²) in [5, 5.41) is 0. The highest BCUT2D eigenvalue weighted by Gasteiger charge is 2.19. The van der Waals surface area contributed by atoms with Gasteiger partial charge in [-0.1, -0.05) is 0 Å². The quantitative estimate of drug-likeness (QED) is 0.829. The number of halogens is 3. The number of nitrogen functional groups attached to an aromatic ring is 1. The van der Waals surface area contributed by atoms with Crippen LogP contribution in [-0.2, 0) is 13.0 Å². The first-order valence-electron chi connectivity index (χ1n) is 9.11. The molecule has 146 valence electrons. The Morgan fingerprint density at radius 2 is 2.07 bits per heavy atom. The van der Waals surface area contributed by atoms with E-state index in [2.05, 4.69) is 4.98 Å². The Hall–Kier alpha value is -2.28. The molecule has 0 unspecified atom stereocenters. The number of nitrogens with zero attached hydrogens (tertiary/aromatic N) is 2. The Balaban J connectivity index is 1.66. The molecule has 1 aromatic carbocycles. The molecule has 4 nitrogen and oxygen atoms in total. The second kappa shape index (κ2) is 8.61. The molecule has 1 aliphatic heterocycles. The Morgan fingerprint density at radius 3 is 2.81 bits per heavy atom. The van der Waals surface area contributed by atoms with Crippen LogP contribution in [0.1, 0.15) is 29.7 Å². The number of rotatable bonds is 6. The smallest absolute Gasteiger partial charge is 0.200 e. The molecule has 2 heterocycles. The van der Waals surface area contributed by atoms with E-state index in [1.54, 1.807) is 12.1 Å². The predicted octanol–water partition coefficient (Wildman–Crippen LogP) is 3.81. The number of hydrogen-bond donors (Lipinski definition) is 1. The highest BCUT2D eigenvalue weighted by Crippen LogP contribution is 2.24. The van der Waals surface area contributed by atoms with Crippen LogP contribution in [0, 0.1) is 18.6 Å². The van der Waals surface area contributed by atoms with Crippen molar-refractivity contribution in [3.63, 3.8) is 0 Å². The topological polar surface area (TPSA) is 51.4 Å². The molecule has 7 heteroatoms. The fraction of sp³-hybridized carbons (Fsp3) is 0.450. The van der Waals surface area contributed by atoms with Gasteiger partial charge in [0.05, 0.1) is 5.69 Å². The summed E-state index contributed by atoms with van der Waals surface area (Å²) >= 11 is 0. The van der Waals surface area contributed by atoms with Gasteiger partial charge in [-0.05, 0) is 68.1 Å². The monoisotopic (exact) mass is 379 g/mol. The van der Waals surface area contributed by atoms with Gasteiger partial charge in [0.1, 0.15) is 18.6 Å². The fourth-order valence-electron chi connectivity index (χ4n) is 3.35. The molecule has 0 aliphatic carbocycles. The predicted molar refractivity (Wildman–Crippen MR) is 98.4 cm³/mol. The summed E-state index contributed by atoms with van der Waals surface area (Å²) in [6.45, 7) is 3.68. The van der Waals surface area contributed by atoms with Gasteiger partial charge in [0.15, 0.2) is 11.6 Å². The van der Waals surface area contributed by atoms with Crippen LogP contribution < -0.4 is 10.5 Å². The Bertz CT molecular complexity index is 780. The molecule has 1 aromatic heterocycles. The minimum atomic E-state index is -1.03. The van der Waals surface area contributed by atoms with Crippen LogP contribution in [0.2, 0.25) is 0 Å². The zero-order valence-electron chi connectivity index (χ0n) is 15.4. The van der Waals surface area contributed by atoms with Crippen molar-refractivity contribution < 1.29 is 17.9 Å². The third kappa shape index (κ3) is 5.35. The molecule has 0 bridgehead atoms. The minimum Gasteiger partial charge on any atom is -0.484 e. The first kappa shape index (κ1) is 19.5. The molecule has 0 saturated carbocycles. The normalized spacial score (nSPS) is 17.9. The molecule has 0 amide bonds. The summed E-state index contributed by atoms with van der Waals surface area (Å²) < 4.78 is 47.0. The average Bonchev–Trinajstić information content (AvgIpc) is 2.61. The van der Waals surface area contributed by atoms with Crippen LogP contribution >= 0.6 is 0 Å². The number of ether oxygens (including phenoxy) is 1. The Kier molecular flexibility index (Phi) is 6.21. The number of aromatic nitrogens is 1. The molecule has 1 fully saturated rings. The van der Waals surface area contributed by atoms with E-state index in [-0.39, 0.29) is 12.4 Å². The van der Waals surface area contributed by atoms with Crippen LogP contribution in [0.5, 0.6) is 5.75 Å². The van der Waals surface area contributed by atoms with Gasteiger partial charge in [0.25, 0.3) is 0 Å². The van der Waals surface area contributed by atoms with Gasteiger partial charge in [0.2, 0.25) is 5.82 Å². The number of piperidine rings is 1. The summed E-state index contributed by atoms with van der Waals surface area (Å²) in [6.07, 6.45) is 1.10. The highest BCUT2D eigenvalue weighted by atomic mass is 19.2. The summed E-state index contributed by atoms with van der Waals surface area (Å²) in [4.78, 5) is 6.13. The molecule has 3 rings (SSSR count). The lowest BCUT2D eigenvalue weighted by atomic mass is 10.1. The first-order valence-corrected chi connectivity index (χ1v) is 9.11. The van der Waals surface area contributed by atoms with Crippen molar-refractivity contribution >= 4 is 5.82 Å². The zero-order valence-corrected chi connectivity index (χ0v) is 15.4. The van der Waals surface area contributed by atoms with Crippen LogP contribution in [0.4, 0.5) is 19.0 Å². The first-order chi connectivity index (χ1) is 12.9. The van der Waals surface area contributed by atoms with Crippen molar-refractivity contribution in [3.8, 4) is 5.75 Å². The Morgan fingerprint density at radius 1 is 1.26 bits per heavy atom. The maximum absolute atomic E-state index is 14.1. The maximum atomic E-state index is 14.1. The number of hydrogen-bond acceptors (Lipinski definition) is 4. The van der Waals surface area contributed by atoms with Gasteiger partial charge in [-0.3, -0.25) is 0 Å². The van der Waals surface area contributed by atoms with Gasteiger partial charge in [-0.2, -0.15) is 4.39 Å². The second-order valence-corrected chi connectivity index (χ2v) is 7.03. The van der Waals surface area contributed by atoms with E-state index in [4.69, 9.17) is 10.5 Å². The minimum absolute atomic E-state index is 0.0126. The van der Waals surface area contributed by atoms with Crippen LogP contribution in [0.3, 0.4) is 0 Å². The molecule has 1 aliphatic rings. The van der Waals surface area contributed by atoms with Crippen molar-refractivity contribution in [1.82, 2.24) is 9.88 Å². The lowest BCUT2D eigenvalue weighted by Crippen LogP contribution is -2.37. The van der Waals surface area contributed by atoms with Gasteiger partial charge in [-0.25, -0.2) is 13.8 Å². The average molecular weight is 379 g/mol. The molecule has 2 N–H and O–H groups in total. The number of benzene rings is 1. The van der Waals surface area contributed by atoms with E-state index >= 15 is 0 Å². The van der Waals surface area contributed by atoms with Gasteiger partial charge < -0.3 is 15.4 Å². The lowest BCUT2D eigenvalue weighted by molar-refractivity contribution is 0.140. The van der Waals surface area contributed by atoms with Crippen molar-refractivity contribution in [3.05, 3.63) is 52.7 Å². The number of nitrogens with two attached hydrogens (primary N) is 1. The molecule has 2 aromatic rings. The summed E-state index contributed by atoms with van der Waals surface area (Å²) in [5.41, 5.74) is 7.76. The van der Waals surface area contributed by atoms with Crippen LogP contribution in [0.25, 0.3) is 0 Å². The van der Waals surface area contributed by atoms with Crippen LogP contribution in [0.15, 0.2) is 24.3 Å². The number of pyridine rings is 1. The lowest BCUT2D eigenvalue weighted by Gasteiger charge is -2.28. The highest BCUT2D eigenvalue weighted by molar-refractivity contribution is 5.35. The molecule has 0 radical (unpaired) electrons. The van der Waals surface area contributed by atoms with Gasteiger partial charge in [0, 0.05) is 13.1 Å². The summed E-state index contributed by atoms with van der Waals surface area (Å²) in [6, 6.07) is 6.15. The molecular weight excluding hydrogens is 355 g/mol. The SMILES string of the molecule is Cc1cc(N)nc(COc2cc(CCN3CCC[C@H](F)C3)cc(F)c2F)c1. The zero-order chi connectivity index (χ0) is 19.4. The van der Waals surface area contributed by atoms with Crippen LogP contribution in [-0.4, -0.2) is 35.7 Å². The fourth-order valence-corrected chi connectivity index (χ4v) is 3.35. The van der Waals surface area contributed by atoms with E-state index in [1.807, 2.05) is 11.8 Å².